The third kappa shape index (κ3) is 3.56. The lowest BCUT2D eigenvalue weighted by Gasteiger charge is -2.12. The molecular weight excluding hydrogens is 276 g/mol. The summed E-state index contributed by atoms with van der Waals surface area (Å²) in [4.78, 5) is 33.3. The number of nitrogens with one attached hydrogen (secondary N) is 1. The second-order valence-corrected chi connectivity index (χ2v) is 5.33. The highest BCUT2D eigenvalue weighted by atomic mass is 16.6. The maximum atomic E-state index is 12.1. The molecule has 1 aliphatic carbocycles. The molecule has 2 rings (SSSR count). The van der Waals surface area contributed by atoms with Crippen LogP contribution in [0.2, 0.25) is 0 Å². The maximum Gasteiger partial charge on any atom is 0.306 e. The Labute approximate surface area is 121 Å². The number of carbonyl (C=O) groups excluding carboxylic acids is 1. The van der Waals surface area contributed by atoms with Crippen molar-refractivity contribution in [1.29, 1.82) is 0 Å². The fourth-order valence-corrected chi connectivity index (χ4v) is 2.61. The quantitative estimate of drug-likeness (QED) is 0.650. The van der Waals surface area contributed by atoms with E-state index in [4.69, 9.17) is 5.11 Å². The van der Waals surface area contributed by atoms with E-state index in [9.17, 15) is 19.7 Å². The van der Waals surface area contributed by atoms with Gasteiger partial charge >= 0.3 is 5.97 Å². The molecule has 1 saturated carbocycles. The van der Waals surface area contributed by atoms with Crippen molar-refractivity contribution in [2.75, 3.05) is 0 Å². The van der Waals surface area contributed by atoms with Crippen molar-refractivity contribution in [3.63, 3.8) is 0 Å². The van der Waals surface area contributed by atoms with Gasteiger partial charge in [-0.2, -0.15) is 0 Å². The molecule has 0 aromatic heterocycles. The van der Waals surface area contributed by atoms with Crippen LogP contribution in [0.4, 0.5) is 5.69 Å². The molecular formula is C14H16N2O5. The van der Waals surface area contributed by atoms with Gasteiger partial charge in [0.05, 0.1) is 10.8 Å². The molecule has 1 aromatic rings. The van der Waals surface area contributed by atoms with E-state index in [0.717, 1.165) is 0 Å². The summed E-state index contributed by atoms with van der Waals surface area (Å²) in [7, 11) is 0. The fourth-order valence-electron chi connectivity index (χ4n) is 2.61. The molecule has 0 saturated heterocycles. The van der Waals surface area contributed by atoms with Gasteiger partial charge in [-0.05, 0) is 37.8 Å². The number of benzene rings is 1. The van der Waals surface area contributed by atoms with Gasteiger partial charge in [0.1, 0.15) is 0 Å². The Hall–Kier alpha value is -2.44. The number of amides is 1. The Balaban J connectivity index is 2.07. The van der Waals surface area contributed by atoms with Crippen LogP contribution in [-0.2, 0) is 4.79 Å². The number of rotatable bonds is 4. The minimum atomic E-state index is -0.849. The Kier molecular flexibility index (Phi) is 4.21. The number of hydrogen-bond donors (Lipinski definition) is 2. The zero-order chi connectivity index (χ0) is 15.6. The Bertz CT molecular complexity index is 599. The summed E-state index contributed by atoms with van der Waals surface area (Å²) in [5, 5.41) is 22.5. The van der Waals surface area contributed by atoms with Crippen LogP contribution < -0.4 is 5.32 Å². The van der Waals surface area contributed by atoms with Crippen LogP contribution in [0.5, 0.6) is 0 Å². The van der Waals surface area contributed by atoms with Gasteiger partial charge in [0.15, 0.2) is 0 Å². The predicted molar refractivity (Wildman–Crippen MR) is 74.1 cm³/mol. The van der Waals surface area contributed by atoms with Crippen molar-refractivity contribution in [2.24, 2.45) is 5.92 Å². The number of nitro groups is 1. The van der Waals surface area contributed by atoms with Crippen molar-refractivity contribution >= 4 is 17.6 Å². The summed E-state index contributed by atoms with van der Waals surface area (Å²) >= 11 is 0. The zero-order valence-electron chi connectivity index (χ0n) is 11.5. The normalized spacial score (nSPS) is 21.0. The Morgan fingerprint density at radius 2 is 2.05 bits per heavy atom. The second kappa shape index (κ2) is 5.90. The molecule has 1 aromatic carbocycles. The van der Waals surface area contributed by atoms with E-state index in [1.165, 1.54) is 12.1 Å². The van der Waals surface area contributed by atoms with Gasteiger partial charge in [0.25, 0.3) is 11.6 Å². The number of aryl methyl sites for hydroxylation is 1. The van der Waals surface area contributed by atoms with Crippen molar-refractivity contribution in [1.82, 2.24) is 5.32 Å². The molecule has 2 atom stereocenters. The van der Waals surface area contributed by atoms with Crippen LogP contribution in [0, 0.1) is 23.0 Å². The van der Waals surface area contributed by atoms with Crippen molar-refractivity contribution < 1.29 is 19.6 Å². The molecule has 1 amide bonds. The Morgan fingerprint density at radius 3 is 2.62 bits per heavy atom. The molecule has 1 fully saturated rings. The maximum absolute atomic E-state index is 12.1. The van der Waals surface area contributed by atoms with E-state index in [-0.39, 0.29) is 17.3 Å². The molecule has 0 heterocycles. The molecule has 1 aliphatic rings. The van der Waals surface area contributed by atoms with E-state index in [1.807, 2.05) is 0 Å². The summed E-state index contributed by atoms with van der Waals surface area (Å²) in [6.45, 7) is 1.68. The minimum Gasteiger partial charge on any atom is -0.481 e. The molecule has 0 radical (unpaired) electrons. The van der Waals surface area contributed by atoms with Crippen molar-refractivity contribution in [3.05, 3.63) is 39.4 Å². The number of nitrogens with zero attached hydrogens (tertiary/aromatic N) is 1. The molecule has 112 valence electrons. The summed E-state index contributed by atoms with van der Waals surface area (Å²) < 4.78 is 0. The Morgan fingerprint density at radius 1 is 1.33 bits per heavy atom. The molecule has 2 N–H and O–H groups in total. The third-order valence-electron chi connectivity index (χ3n) is 3.65. The summed E-state index contributed by atoms with van der Waals surface area (Å²) in [5.74, 6) is -1.68. The van der Waals surface area contributed by atoms with Crippen LogP contribution >= 0.6 is 0 Å². The highest BCUT2D eigenvalue weighted by molar-refractivity contribution is 5.95. The van der Waals surface area contributed by atoms with Gasteiger partial charge in [-0.3, -0.25) is 19.7 Å². The predicted octanol–water partition coefficient (Wildman–Crippen LogP) is 1.89. The smallest absolute Gasteiger partial charge is 0.306 e. The highest BCUT2D eigenvalue weighted by Gasteiger charge is 2.30. The molecule has 0 bridgehead atoms. The van der Waals surface area contributed by atoms with Crippen LogP contribution in [-0.4, -0.2) is 27.9 Å². The van der Waals surface area contributed by atoms with Crippen molar-refractivity contribution in [2.45, 2.75) is 32.2 Å². The molecule has 0 spiro atoms. The summed E-state index contributed by atoms with van der Waals surface area (Å²) in [6, 6.07) is 4.00. The summed E-state index contributed by atoms with van der Waals surface area (Å²) in [5.41, 5.74) is 0.722. The lowest BCUT2D eigenvalue weighted by atomic mass is 10.1. The largest absolute Gasteiger partial charge is 0.481 e. The average molecular weight is 292 g/mol. The molecule has 21 heavy (non-hydrogen) atoms. The monoisotopic (exact) mass is 292 g/mol. The van der Waals surface area contributed by atoms with Crippen LogP contribution in [0.1, 0.15) is 35.2 Å². The first-order valence-corrected chi connectivity index (χ1v) is 6.66. The number of carboxylic acid groups (broad SMARTS) is 1. The number of non-ortho nitro benzene ring substituents is 1. The van der Waals surface area contributed by atoms with Gasteiger partial charge in [0.2, 0.25) is 0 Å². The van der Waals surface area contributed by atoms with Crippen molar-refractivity contribution in [3.8, 4) is 0 Å². The standard InChI is InChI=1S/C14H16N2O5/c1-8-4-10(7-12(5-8)16(20)21)13(17)15-11-3-2-9(6-11)14(18)19/h4-5,7,9,11H,2-3,6H2,1H3,(H,15,17)(H,18,19)/t9-,11+/m1/s1. The lowest BCUT2D eigenvalue weighted by molar-refractivity contribution is -0.384. The number of nitro benzene ring substituents is 1. The van der Waals surface area contributed by atoms with E-state index in [0.29, 0.717) is 24.8 Å². The third-order valence-corrected chi connectivity index (χ3v) is 3.65. The highest BCUT2D eigenvalue weighted by Crippen LogP contribution is 2.26. The van der Waals surface area contributed by atoms with E-state index in [2.05, 4.69) is 5.32 Å². The van der Waals surface area contributed by atoms with Gasteiger partial charge in [-0.15, -0.1) is 0 Å². The van der Waals surface area contributed by atoms with Crippen LogP contribution in [0.15, 0.2) is 18.2 Å². The fraction of sp³-hybridized carbons (Fsp3) is 0.429. The summed E-state index contributed by atoms with van der Waals surface area (Å²) in [6.07, 6.45) is 1.54. The van der Waals surface area contributed by atoms with Gasteiger partial charge in [-0.1, -0.05) is 0 Å². The van der Waals surface area contributed by atoms with E-state index < -0.39 is 22.7 Å². The first-order chi connectivity index (χ1) is 9.86. The second-order valence-electron chi connectivity index (χ2n) is 5.33. The van der Waals surface area contributed by atoms with Gasteiger partial charge in [0, 0.05) is 23.7 Å². The van der Waals surface area contributed by atoms with Crippen LogP contribution in [0.25, 0.3) is 0 Å². The number of hydrogen-bond acceptors (Lipinski definition) is 4. The van der Waals surface area contributed by atoms with E-state index in [1.54, 1.807) is 13.0 Å². The molecule has 0 aliphatic heterocycles. The van der Waals surface area contributed by atoms with Gasteiger partial charge in [-0.25, -0.2) is 0 Å². The number of carboxylic acids is 1. The first-order valence-electron chi connectivity index (χ1n) is 6.66. The lowest BCUT2D eigenvalue weighted by Crippen LogP contribution is -2.33. The number of aliphatic carboxylic acids is 1. The molecule has 7 nitrogen and oxygen atoms in total. The minimum absolute atomic E-state index is 0.130. The SMILES string of the molecule is Cc1cc(C(=O)N[C@H]2CC[C@@H](C(=O)O)C2)cc([N+](=O)[O-])c1. The first kappa shape index (κ1) is 15.0. The number of carbonyl (C=O) groups is 2. The van der Waals surface area contributed by atoms with Crippen LogP contribution in [0.3, 0.4) is 0 Å². The van der Waals surface area contributed by atoms with Gasteiger partial charge < -0.3 is 10.4 Å². The molecule has 7 heteroatoms. The molecule has 0 unspecified atom stereocenters. The zero-order valence-corrected chi connectivity index (χ0v) is 11.5. The average Bonchev–Trinajstić information content (AvgIpc) is 2.86. The van der Waals surface area contributed by atoms with E-state index >= 15 is 0 Å². The topological polar surface area (TPSA) is 110 Å².